The van der Waals surface area contributed by atoms with E-state index in [0.717, 1.165) is 33.6 Å². The first-order valence-corrected chi connectivity index (χ1v) is 4.86. The summed E-state index contributed by atoms with van der Waals surface area (Å²) in [5.41, 5.74) is 4.89. The van der Waals surface area contributed by atoms with Gasteiger partial charge in [0.1, 0.15) is 11.7 Å². The molecule has 0 atom stereocenters. The third-order valence-corrected chi connectivity index (χ3v) is 2.90. The van der Waals surface area contributed by atoms with Crippen molar-refractivity contribution in [1.29, 1.82) is 10.8 Å². The van der Waals surface area contributed by atoms with Crippen LogP contribution in [-0.2, 0) is 0 Å². The molecule has 0 saturated heterocycles. The lowest BCUT2D eigenvalue weighted by Crippen LogP contribution is -2.13. The molecule has 4 nitrogen and oxygen atoms in total. The number of hydrogen-bond donors (Lipinski definition) is 4. The molecule has 2 heterocycles. The number of fused-ring (bicyclic) bond motifs is 2. The maximum atomic E-state index is 7.75. The third-order valence-electron chi connectivity index (χ3n) is 2.90. The van der Waals surface area contributed by atoms with E-state index in [9.17, 15) is 0 Å². The van der Waals surface area contributed by atoms with E-state index in [2.05, 4.69) is 23.8 Å². The minimum absolute atomic E-state index is 0.341. The standard InChI is InChI=1S/C12H10N4/c1-5-7-3-8-6(2)16-12(14)10(8)4-9(7)11(13)15-5/h3-4H,1-2H2,(H2,13,15)(H2,14,16). The molecule has 1 aromatic carbocycles. The van der Waals surface area contributed by atoms with Gasteiger partial charge in [0.25, 0.3) is 0 Å². The van der Waals surface area contributed by atoms with Crippen molar-refractivity contribution in [2.45, 2.75) is 0 Å². The van der Waals surface area contributed by atoms with Crippen molar-refractivity contribution >= 4 is 23.1 Å². The Bertz CT molecular complexity index is 495. The van der Waals surface area contributed by atoms with Gasteiger partial charge in [0.05, 0.1) is 0 Å². The highest BCUT2D eigenvalue weighted by Gasteiger charge is 2.26. The van der Waals surface area contributed by atoms with Crippen molar-refractivity contribution in [2.24, 2.45) is 0 Å². The molecule has 78 valence electrons. The largest absolute Gasteiger partial charge is 0.340 e. The first-order valence-electron chi connectivity index (χ1n) is 4.86. The van der Waals surface area contributed by atoms with Crippen molar-refractivity contribution in [2.75, 3.05) is 0 Å². The van der Waals surface area contributed by atoms with Gasteiger partial charge in [-0.3, -0.25) is 10.8 Å². The molecular weight excluding hydrogens is 200 g/mol. The van der Waals surface area contributed by atoms with Crippen LogP contribution in [0.4, 0.5) is 0 Å². The average molecular weight is 210 g/mol. The lowest BCUT2D eigenvalue weighted by Gasteiger charge is -2.02. The van der Waals surface area contributed by atoms with Crippen molar-refractivity contribution in [3.05, 3.63) is 47.5 Å². The van der Waals surface area contributed by atoms with Gasteiger partial charge in [-0.2, -0.15) is 0 Å². The highest BCUT2D eigenvalue weighted by Crippen LogP contribution is 2.31. The Labute approximate surface area is 92.7 Å². The maximum Gasteiger partial charge on any atom is 0.130 e. The van der Waals surface area contributed by atoms with Crippen molar-refractivity contribution in [3.8, 4) is 0 Å². The third kappa shape index (κ3) is 0.930. The molecule has 2 aliphatic rings. The summed E-state index contributed by atoms with van der Waals surface area (Å²) in [6.07, 6.45) is 0. The maximum absolute atomic E-state index is 7.75. The van der Waals surface area contributed by atoms with Gasteiger partial charge < -0.3 is 10.6 Å². The van der Waals surface area contributed by atoms with Gasteiger partial charge >= 0.3 is 0 Å². The second-order valence-corrected chi connectivity index (χ2v) is 3.90. The normalized spacial score (nSPS) is 17.0. The van der Waals surface area contributed by atoms with E-state index in [-0.39, 0.29) is 0 Å². The number of amidine groups is 2. The van der Waals surface area contributed by atoms with Crippen LogP contribution in [0.15, 0.2) is 25.3 Å². The zero-order valence-corrected chi connectivity index (χ0v) is 8.57. The molecule has 0 unspecified atom stereocenters. The van der Waals surface area contributed by atoms with Gasteiger partial charge in [-0.05, 0) is 12.1 Å². The molecule has 4 heteroatoms. The van der Waals surface area contributed by atoms with Gasteiger partial charge in [0.15, 0.2) is 0 Å². The lowest BCUT2D eigenvalue weighted by molar-refractivity contribution is 1.30. The van der Waals surface area contributed by atoms with Crippen molar-refractivity contribution < 1.29 is 0 Å². The monoisotopic (exact) mass is 210 g/mol. The molecule has 0 bridgehead atoms. The molecule has 4 N–H and O–H groups in total. The molecule has 0 spiro atoms. The summed E-state index contributed by atoms with van der Waals surface area (Å²) >= 11 is 0. The van der Waals surface area contributed by atoms with Crippen LogP contribution < -0.4 is 10.6 Å². The summed E-state index contributed by atoms with van der Waals surface area (Å²) in [6.45, 7) is 7.72. The summed E-state index contributed by atoms with van der Waals surface area (Å²) in [7, 11) is 0. The molecule has 16 heavy (non-hydrogen) atoms. The van der Waals surface area contributed by atoms with E-state index in [4.69, 9.17) is 10.8 Å². The molecule has 2 aliphatic heterocycles. The van der Waals surface area contributed by atoms with Crippen molar-refractivity contribution in [1.82, 2.24) is 10.6 Å². The Morgan fingerprint density at radius 1 is 0.750 bits per heavy atom. The summed E-state index contributed by atoms with van der Waals surface area (Å²) in [5, 5.41) is 21.3. The Morgan fingerprint density at radius 2 is 1.12 bits per heavy atom. The Balaban J connectivity index is 2.33. The van der Waals surface area contributed by atoms with Crippen LogP contribution in [0.5, 0.6) is 0 Å². The van der Waals surface area contributed by atoms with Crippen LogP contribution in [0.3, 0.4) is 0 Å². The second kappa shape index (κ2) is 2.61. The predicted octanol–water partition coefficient (Wildman–Crippen LogP) is 1.49. The number of hydrogen-bond acceptors (Lipinski definition) is 2. The predicted molar refractivity (Wildman–Crippen MR) is 64.4 cm³/mol. The molecular formula is C12H10N4. The fourth-order valence-electron chi connectivity index (χ4n) is 2.08. The number of benzene rings is 1. The van der Waals surface area contributed by atoms with Gasteiger partial charge in [-0.15, -0.1) is 0 Å². The summed E-state index contributed by atoms with van der Waals surface area (Å²) < 4.78 is 0. The molecule has 0 amide bonds. The van der Waals surface area contributed by atoms with Crippen LogP contribution in [0, 0.1) is 10.8 Å². The highest BCUT2D eigenvalue weighted by atomic mass is 15.0. The number of nitrogens with one attached hydrogen (secondary N) is 4. The molecule has 0 radical (unpaired) electrons. The SMILES string of the molecule is C=C1NC(=N)c2cc3c(cc21)C(=C)NC3=N. The second-order valence-electron chi connectivity index (χ2n) is 3.90. The van der Waals surface area contributed by atoms with Crippen LogP contribution in [0.25, 0.3) is 11.4 Å². The van der Waals surface area contributed by atoms with Gasteiger partial charge in [0, 0.05) is 33.6 Å². The van der Waals surface area contributed by atoms with Crippen LogP contribution >= 0.6 is 0 Å². The van der Waals surface area contributed by atoms with Crippen LogP contribution in [0.2, 0.25) is 0 Å². The summed E-state index contributed by atoms with van der Waals surface area (Å²) in [4.78, 5) is 0. The minimum Gasteiger partial charge on any atom is -0.340 e. The lowest BCUT2D eigenvalue weighted by atomic mass is 9.99. The quantitative estimate of drug-likeness (QED) is 0.524. The first kappa shape index (κ1) is 8.91. The van der Waals surface area contributed by atoms with Crippen molar-refractivity contribution in [3.63, 3.8) is 0 Å². The molecule has 0 aliphatic carbocycles. The van der Waals surface area contributed by atoms with E-state index >= 15 is 0 Å². The first-order chi connectivity index (χ1) is 7.58. The van der Waals surface area contributed by atoms with E-state index in [1.54, 1.807) is 0 Å². The average Bonchev–Trinajstić information content (AvgIpc) is 2.67. The highest BCUT2D eigenvalue weighted by molar-refractivity contribution is 6.16. The molecule has 0 saturated carbocycles. The van der Waals surface area contributed by atoms with Gasteiger partial charge in [-0.25, -0.2) is 0 Å². The zero-order chi connectivity index (χ0) is 11.4. The van der Waals surface area contributed by atoms with Gasteiger partial charge in [-0.1, -0.05) is 13.2 Å². The Morgan fingerprint density at radius 3 is 1.56 bits per heavy atom. The van der Waals surface area contributed by atoms with E-state index in [0.29, 0.717) is 11.7 Å². The molecule has 3 rings (SSSR count). The smallest absolute Gasteiger partial charge is 0.130 e. The van der Waals surface area contributed by atoms with Gasteiger partial charge in [0.2, 0.25) is 0 Å². The Hall–Kier alpha value is -2.36. The van der Waals surface area contributed by atoms with Crippen LogP contribution in [-0.4, -0.2) is 11.7 Å². The topological polar surface area (TPSA) is 71.8 Å². The van der Waals surface area contributed by atoms with Crippen LogP contribution in [0.1, 0.15) is 22.3 Å². The minimum atomic E-state index is 0.341. The summed E-state index contributed by atoms with van der Waals surface area (Å²) in [5.74, 6) is 0.682. The number of rotatable bonds is 0. The van der Waals surface area contributed by atoms with E-state index < -0.39 is 0 Å². The zero-order valence-electron chi connectivity index (χ0n) is 8.57. The molecule has 0 fully saturated rings. The fourth-order valence-corrected chi connectivity index (χ4v) is 2.08. The van der Waals surface area contributed by atoms with E-state index in [1.807, 2.05) is 12.1 Å². The summed E-state index contributed by atoms with van der Waals surface area (Å²) in [6, 6.07) is 3.77. The fraction of sp³-hybridized carbons (Fsp3) is 0. The van der Waals surface area contributed by atoms with E-state index in [1.165, 1.54) is 0 Å². The molecule has 0 aromatic heterocycles. The molecule has 1 aromatic rings. The Kier molecular flexibility index (Phi) is 1.45.